The molecule has 112 valence electrons. The van der Waals surface area contributed by atoms with E-state index in [1.54, 1.807) is 0 Å². The normalized spacial score (nSPS) is 11.6. The summed E-state index contributed by atoms with van der Waals surface area (Å²) in [6, 6.07) is 0.523. The number of carboxylic acid groups (broad SMARTS) is 1. The molecule has 0 bridgehead atoms. The molecule has 10 heteroatoms. The van der Waals surface area contributed by atoms with Gasteiger partial charge >= 0.3 is 12.3 Å². The van der Waals surface area contributed by atoms with Gasteiger partial charge < -0.3 is 14.6 Å². The van der Waals surface area contributed by atoms with Gasteiger partial charge in [0.25, 0.3) is 12.3 Å². The Labute approximate surface area is 108 Å². The molecule has 0 aliphatic rings. The van der Waals surface area contributed by atoms with Gasteiger partial charge in [-0.2, -0.15) is 0 Å². The summed E-state index contributed by atoms with van der Waals surface area (Å²) in [6.07, 6.45) is -9.19. The lowest BCUT2D eigenvalue weighted by molar-refractivity contribution is -0.275. The standard InChI is InChI=1S/C10H8F5NO4/c1-19-9-5(20-10(13,14)15)2-4(3-6(17)18)7(16-9)8(11)12/h2,8H,3H2,1H3,(H,17,18). The van der Waals surface area contributed by atoms with Gasteiger partial charge in [0.2, 0.25) is 0 Å². The number of methoxy groups -OCH3 is 1. The second kappa shape index (κ2) is 5.88. The molecule has 0 aliphatic heterocycles. The number of hydrogen-bond acceptors (Lipinski definition) is 4. The average molecular weight is 301 g/mol. The number of carbonyl (C=O) groups is 1. The molecule has 0 spiro atoms. The summed E-state index contributed by atoms with van der Waals surface area (Å²) in [5.41, 5.74) is -1.56. The Morgan fingerprint density at radius 3 is 2.45 bits per heavy atom. The van der Waals surface area contributed by atoms with Crippen LogP contribution in [0.25, 0.3) is 0 Å². The van der Waals surface area contributed by atoms with Crippen molar-refractivity contribution >= 4 is 5.97 Å². The number of hydrogen-bond donors (Lipinski definition) is 1. The summed E-state index contributed by atoms with van der Waals surface area (Å²) in [5.74, 6) is -3.30. The second-order valence-electron chi connectivity index (χ2n) is 3.46. The number of aromatic nitrogens is 1. The molecule has 0 amide bonds. The van der Waals surface area contributed by atoms with Gasteiger partial charge in [0, 0.05) is 0 Å². The fourth-order valence-electron chi connectivity index (χ4n) is 1.37. The summed E-state index contributed by atoms with van der Waals surface area (Å²) in [5, 5.41) is 8.56. The Kier molecular flexibility index (Phi) is 4.69. The number of halogens is 5. The van der Waals surface area contributed by atoms with Gasteiger partial charge in [-0.25, -0.2) is 13.8 Å². The van der Waals surface area contributed by atoms with E-state index in [0.29, 0.717) is 6.07 Å². The molecule has 1 heterocycles. The lowest BCUT2D eigenvalue weighted by Gasteiger charge is -2.15. The summed E-state index contributed by atoms with van der Waals surface area (Å²) in [6.45, 7) is 0. The van der Waals surface area contributed by atoms with E-state index in [1.165, 1.54) is 0 Å². The molecule has 0 atom stereocenters. The molecule has 0 saturated carbocycles. The van der Waals surface area contributed by atoms with E-state index in [1.807, 2.05) is 0 Å². The first-order valence-corrected chi connectivity index (χ1v) is 4.97. The number of alkyl halides is 5. The molecule has 0 radical (unpaired) electrons. The molecule has 20 heavy (non-hydrogen) atoms. The highest BCUT2D eigenvalue weighted by atomic mass is 19.4. The topological polar surface area (TPSA) is 68.7 Å². The van der Waals surface area contributed by atoms with Crippen molar-refractivity contribution < 1.29 is 41.3 Å². The predicted octanol–water partition coefficient (Wildman–Crippen LogP) is 2.55. The highest BCUT2D eigenvalue weighted by Crippen LogP contribution is 2.35. The van der Waals surface area contributed by atoms with Gasteiger partial charge in [-0.1, -0.05) is 0 Å². The van der Waals surface area contributed by atoms with Gasteiger partial charge in [-0.15, -0.1) is 13.2 Å². The number of aliphatic carboxylic acids is 1. The molecule has 1 N–H and O–H groups in total. The van der Waals surface area contributed by atoms with Crippen LogP contribution in [0.1, 0.15) is 17.7 Å². The summed E-state index contributed by atoms with van der Waals surface area (Å²) in [7, 11) is 0.914. The van der Waals surface area contributed by atoms with E-state index in [0.717, 1.165) is 7.11 Å². The molecule has 0 aliphatic carbocycles. The van der Waals surface area contributed by atoms with Crippen LogP contribution >= 0.6 is 0 Å². The minimum absolute atomic E-state index is 0.523. The fraction of sp³-hybridized carbons (Fsp3) is 0.400. The zero-order chi connectivity index (χ0) is 15.5. The van der Waals surface area contributed by atoms with Crippen LogP contribution in [0.3, 0.4) is 0 Å². The van der Waals surface area contributed by atoms with Crippen molar-refractivity contribution in [1.29, 1.82) is 0 Å². The maximum absolute atomic E-state index is 12.7. The van der Waals surface area contributed by atoms with Crippen LogP contribution in [-0.4, -0.2) is 29.5 Å². The Hall–Kier alpha value is -2.13. The number of pyridine rings is 1. The molecule has 0 fully saturated rings. The third-order valence-corrected chi connectivity index (χ3v) is 2.03. The van der Waals surface area contributed by atoms with E-state index in [4.69, 9.17) is 5.11 Å². The first kappa shape index (κ1) is 15.9. The Bertz CT molecular complexity index is 503. The van der Waals surface area contributed by atoms with E-state index in [9.17, 15) is 26.7 Å². The molecular weight excluding hydrogens is 293 g/mol. The Morgan fingerprint density at radius 2 is 2.05 bits per heavy atom. The molecule has 1 aromatic rings. The van der Waals surface area contributed by atoms with Crippen molar-refractivity contribution in [2.75, 3.05) is 7.11 Å². The summed E-state index contributed by atoms with van der Waals surface area (Å²) in [4.78, 5) is 13.7. The van der Waals surface area contributed by atoms with Crippen LogP contribution in [0, 0.1) is 0 Å². The van der Waals surface area contributed by atoms with Crippen LogP contribution in [-0.2, 0) is 11.2 Å². The second-order valence-corrected chi connectivity index (χ2v) is 3.46. The predicted molar refractivity (Wildman–Crippen MR) is 53.8 cm³/mol. The number of rotatable bonds is 5. The van der Waals surface area contributed by atoms with Crippen molar-refractivity contribution in [2.24, 2.45) is 0 Å². The van der Waals surface area contributed by atoms with Crippen molar-refractivity contribution in [3.63, 3.8) is 0 Å². The third-order valence-electron chi connectivity index (χ3n) is 2.03. The Morgan fingerprint density at radius 1 is 1.45 bits per heavy atom. The zero-order valence-corrected chi connectivity index (χ0v) is 9.87. The smallest absolute Gasteiger partial charge is 0.481 e. The van der Waals surface area contributed by atoms with Gasteiger partial charge in [-0.3, -0.25) is 4.79 Å². The van der Waals surface area contributed by atoms with Crippen LogP contribution < -0.4 is 9.47 Å². The maximum Gasteiger partial charge on any atom is 0.573 e. The zero-order valence-electron chi connectivity index (χ0n) is 9.87. The lowest BCUT2D eigenvalue weighted by atomic mass is 10.1. The van der Waals surface area contributed by atoms with Crippen molar-refractivity contribution in [1.82, 2.24) is 4.98 Å². The van der Waals surface area contributed by atoms with Gasteiger partial charge in [0.05, 0.1) is 13.5 Å². The largest absolute Gasteiger partial charge is 0.573 e. The lowest BCUT2D eigenvalue weighted by Crippen LogP contribution is -2.19. The molecule has 1 aromatic heterocycles. The highest BCUT2D eigenvalue weighted by Gasteiger charge is 2.34. The molecule has 0 unspecified atom stereocenters. The monoisotopic (exact) mass is 301 g/mol. The third kappa shape index (κ3) is 4.21. The SMILES string of the molecule is COc1nc(C(F)F)c(CC(=O)O)cc1OC(F)(F)F. The van der Waals surface area contributed by atoms with E-state index in [-0.39, 0.29) is 0 Å². The van der Waals surface area contributed by atoms with Crippen LogP contribution in [0.2, 0.25) is 0 Å². The maximum atomic E-state index is 12.7. The van der Waals surface area contributed by atoms with Crippen molar-refractivity contribution in [2.45, 2.75) is 19.2 Å². The summed E-state index contributed by atoms with van der Waals surface area (Å²) < 4.78 is 69.8. The van der Waals surface area contributed by atoms with E-state index in [2.05, 4.69) is 14.5 Å². The first-order chi connectivity index (χ1) is 9.14. The number of carboxylic acids is 1. The van der Waals surface area contributed by atoms with Crippen LogP contribution in [0.15, 0.2) is 6.07 Å². The van der Waals surface area contributed by atoms with E-state index >= 15 is 0 Å². The minimum atomic E-state index is -5.10. The molecule has 0 saturated heterocycles. The molecule has 0 aromatic carbocycles. The van der Waals surface area contributed by atoms with E-state index < -0.39 is 48.1 Å². The average Bonchev–Trinajstić information content (AvgIpc) is 2.25. The minimum Gasteiger partial charge on any atom is -0.481 e. The van der Waals surface area contributed by atoms with Gasteiger partial charge in [-0.05, 0) is 11.6 Å². The molecule has 5 nitrogen and oxygen atoms in total. The van der Waals surface area contributed by atoms with Crippen molar-refractivity contribution in [3.05, 3.63) is 17.3 Å². The number of nitrogens with zero attached hydrogens (tertiary/aromatic N) is 1. The van der Waals surface area contributed by atoms with Crippen LogP contribution in [0.5, 0.6) is 11.6 Å². The Balaban J connectivity index is 3.33. The number of ether oxygens (including phenoxy) is 2. The summed E-state index contributed by atoms with van der Waals surface area (Å²) >= 11 is 0. The fourth-order valence-corrected chi connectivity index (χ4v) is 1.37. The quantitative estimate of drug-likeness (QED) is 0.846. The molecule has 1 rings (SSSR count). The van der Waals surface area contributed by atoms with Crippen molar-refractivity contribution in [3.8, 4) is 11.6 Å². The highest BCUT2D eigenvalue weighted by molar-refractivity contribution is 5.71. The van der Waals surface area contributed by atoms with Gasteiger partial charge in [0.1, 0.15) is 5.69 Å². The van der Waals surface area contributed by atoms with Gasteiger partial charge in [0.15, 0.2) is 5.75 Å². The first-order valence-electron chi connectivity index (χ1n) is 4.97. The van der Waals surface area contributed by atoms with Crippen LogP contribution in [0.4, 0.5) is 22.0 Å². The molecular formula is C10H8F5NO4.